The monoisotopic (exact) mass is 274 g/mol. The van der Waals surface area contributed by atoms with Crippen molar-refractivity contribution in [3.05, 3.63) is 82.9 Å². The Hall–Kier alpha value is -2.15. The number of hydrogen-bond acceptors (Lipinski definition) is 1. The summed E-state index contributed by atoms with van der Waals surface area (Å²) >= 11 is 0. The number of benzene rings is 2. The molecule has 2 aromatic rings. The molecular formula is C20H18O. The summed E-state index contributed by atoms with van der Waals surface area (Å²) in [5.74, 6) is 0.455. The second kappa shape index (κ2) is 4.17. The van der Waals surface area contributed by atoms with E-state index in [4.69, 9.17) is 0 Å². The lowest BCUT2D eigenvalue weighted by Gasteiger charge is -2.30. The molecule has 2 aromatic carbocycles. The van der Waals surface area contributed by atoms with Crippen LogP contribution >= 0.6 is 0 Å². The molecule has 0 saturated heterocycles. The van der Waals surface area contributed by atoms with Crippen LogP contribution in [0.3, 0.4) is 0 Å². The van der Waals surface area contributed by atoms with Crippen LogP contribution in [0.25, 0.3) is 0 Å². The van der Waals surface area contributed by atoms with Crippen LogP contribution in [0.1, 0.15) is 39.9 Å². The first-order valence-corrected chi connectivity index (χ1v) is 7.49. The molecule has 21 heavy (non-hydrogen) atoms. The van der Waals surface area contributed by atoms with Crippen molar-refractivity contribution in [2.45, 2.75) is 25.7 Å². The van der Waals surface area contributed by atoms with Gasteiger partial charge in [-0.05, 0) is 36.5 Å². The van der Waals surface area contributed by atoms with E-state index in [1.165, 1.54) is 16.7 Å². The second-order valence-electron chi connectivity index (χ2n) is 6.47. The fraction of sp³-hybridized carbons (Fsp3) is 0.250. The van der Waals surface area contributed by atoms with E-state index in [1.807, 2.05) is 18.2 Å². The van der Waals surface area contributed by atoms with Crippen LogP contribution in [0.2, 0.25) is 0 Å². The minimum Gasteiger partial charge on any atom is -0.293 e. The molecule has 1 spiro atoms. The number of Topliss-reactive ketones (excluding diaryl/α,β-unsaturated/α-hetero) is 1. The van der Waals surface area contributed by atoms with Crippen LogP contribution in [0.5, 0.6) is 0 Å². The lowest BCUT2D eigenvalue weighted by molar-refractivity contribution is 0.0807. The Bertz CT molecular complexity index is 767. The third-order valence-electron chi connectivity index (χ3n) is 5.14. The predicted molar refractivity (Wildman–Crippen MR) is 84.6 cm³/mol. The summed E-state index contributed by atoms with van der Waals surface area (Å²) < 4.78 is 0. The minimum atomic E-state index is -0.334. The fourth-order valence-electron chi connectivity index (χ4n) is 4.41. The quantitative estimate of drug-likeness (QED) is 0.707. The Morgan fingerprint density at radius 2 is 1.67 bits per heavy atom. The van der Waals surface area contributed by atoms with Gasteiger partial charge in [-0.1, -0.05) is 60.7 Å². The van der Waals surface area contributed by atoms with Crippen LogP contribution in [-0.2, 0) is 12.8 Å². The van der Waals surface area contributed by atoms with E-state index in [2.05, 4.69) is 43.8 Å². The van der Waals surface area contributed by atoms with E-state index < -0.39 is 0 Å². The molecule has 0 bridgehead atoms. The molecule has 0 N–H and O–H groups in total. The zero-order valence-corrected chi connectivity index (χ0v) is 12.2. The average Bonchev–Trinajstić information content (AvgIpc) is 2.95. The maximum Gasteiger partial charge on any atom is 0.170 e. The smallest absolute Gasteiger partial charge is 0.170 e. The molecule has 104 valence electrons. The number of ketones is 1. The van der Waals surface area contributed by atoms with Crippen molar-refractivity contribution in [3.63, 3.8) is 0 Å². The number of carbonyl (C=O) groups is 1. The van der Waals surface area contributed by atoms with Gasteiger partial charge < -0.3 is 0 Å². The molecule has 2 atom stereocenters. The van der Waals surface area contributed by atoms with E-state index >= 15 is 0 Å². The highest BCUT2D eigenvalue weighted by molar-refractivity contribution is 6.06. The largest absolute Gasteiger partial charge is 0.293 e. The highest BCUT2D eigenvalue weighted by Crippen LogP contribution is 2.56. The van der Waals surface area contributed by atoms with Crippen LogP contribution < -0.4 is 0 Å². The molecule has 2 aliphatic rings. The third-order valence-corrected chi connectivity index (χ3v) is 5.14. The first-order chi connectivity index (χ1) is 10.1. The van der Waals surface area contributed by atoms with Crippen molar-refractivity contribution in [1.29, 1.82) is 0 Å². The molecule has 0 amide bonds. The molecule has 0 saturated carbocycles. The number of rotatable bonds is 1. The Kier molecular flexibility index (Phi) is 2.50. The first kappa shape index (κ1) is 12.6. The first-order valence-electron chi connectivity index (χ1n) is 7.49. The molecular weight excluding hydrogens is 256 g/mol. The fourth-order valence-corrected chi connectivity index (χ4v) is 4.41. The molecule has 0 aliphatic heterocycles. The molecule has 0 unspecified atom stereocenters. The minimum absolute atomic E-state index is 0.147. The van der Waals surface area contributed by atoms with Gasteiger partial charge in [-0.2, -0.15) is 0 Å². The second-order valence-corrected chi connectivity index (χ2v) is 6.47. The molecule has 1 nitrogen and oxygen atoms in total. The number of allylic oxidation sites excluding steroid dienone is 1. The zero-order chi connectivity index (χ0) is 14.6. The Labute approximate surface area is 125 Å². The van der Waals surface area contributed by atoms with Gasteiger partial charge in [-0.15, -0.1) is 0 Å². The van der Waals surface area contributed by atoms with Crippen molar-refractivity contribution in [2.75, 3.05) is 0 Å². The van der Waals surface area contributed by atoms with E-state index in [0.29, 0.717) is 5.78 Å². The van der Waals surface area contributed by atoms with Crippen LogP contribution in [0.15, 0.2) is 60.7 Å². The van der Waals surface area contributed by atoms with E-state index in [0.717, 1.165) is 24.0 Å². The summed E-state index contributed by atoms with van der Waals surface area (Å²) in [6.45, 7) is 6.26. The molecule has 0 heterocycles. The summed E-state index contributed by atoms with van der Waals surface area (Å²) in [5, 5.41) is 0. The number of carbonyl (C=O) groups excluding carboxylic acids is 1. The van der Waals surface area contributed by atoms with Crippen molar-refractivity contribution in [3.8, 4) is 0 Å². The summed E-state index contributed by atoms with van der Waals surface area (Å²) in [6.07, 6.45) is 1.68. The van der Waals surface area contributed by atoms with Crippen LogP contribution in [-0.4, -0.2) is 5.78 Å². The van der Waals surface area contributed by atoms with Gasteiger partial charge in [0, 0.05) is 11.5 Å². The Morgan fingerprint density at radius 1 is 1.05 bits per heavy atom. The Morgan fingerprint density at radius 3 is 2.38 bits per heavy atom. The summed E-state index contributed by atoms with van der Waals surface area (Å²) in [5.41, 5.74) is 5.48. The maximum atomic E-state index is 13.2. The van der Waals surface area contributed by atoms with Crippen molar-refractivity contribution < 1.29 is 4.79 Å². The van der Waals surface area contributed by atoms with Gasteiger partial charge in [0.05, 0.1) is 5.41 Å². The van der Waals surface area contributed by atoms with E-state index in [9.17, 15) is 4.79 Å². The summed E-state index contributed by atoms with van der Waals surface area (Å²) in [4.78, 5) is 13.2. The van der Waals surface area contributed by atoms with Gasteiger partial charge in [0.15, 0.2) is 5.78 Å². The van der Waals surface area contributed by atoms with Crippen molar-refractivity contribution in [2.24, 2.45) is 5.41 Å². The maximum absolute atomic E-state index is 13.2. The predicted octanol–water partition coefficient (Wildman–Crippen LogP) is 4.33. The molecule has 0 radical (unpaired) electrons. The lowest BCUT2D eigenvalue weighted by Crippen LogP contribution is -2.33. The molecule has 1 heteroatoms. The van der Waals surface area contributed by atoms with E-state index in [1.54, 1.807) is 0 Å². The Balaban J connectivity index is 1.91. The topological polar surface area (TPSA) is 17.1 Å². The molecule has 0 fully saturated rings. The number of hydrogen-bond donors (Lipinski definition) is 0. The van der Waals surface area contributed by atoms with Gasteiger partial charge in [-0.3, -0.25) is 4.79 Å². The van der Waals surface area contributed by atoms with Gasteiger partial charge in [0.1, 0.15) is 0 Å². The highest BCUT2D eigenvalue weighted by atomic mass is 16.1. The normalized spacial score (nSPS) is 26.0. The summed E-state index contributed by atoms with van der Waals surface area (Å²) in [6, 6.07) is 16.5. The van der Waals surface area contributed by atoms with Gasteiger partial charge >= 0.3 is 0 Å². The SMILES string of the molecule is C=C(C)[C@@H]1c2ccccc2C[C@]12Cc1ccccc1C2=O. The van der Waals surface area contributed by atoms with Crippen LogP contribution in [0, 0.1) is 5.41 Å². The zero-order valence-electron chi connectivity index (χ0n) is 12.2. The van der Waals surface area contributed by atoms with Gasteiger partial charge in [0.25, 0.3) is 0 Å². The molecule has 4 rings (SSSR count). The van der Waals surface area contributed by atoms with Gasteiger partial charge in [0.2, 0.25) is 0 Å². The third kappa shape index (κ3) is 1.55. The van der Waals surface area contributed by atoms with Crippen molar-refractivity contribution >= 4 is 5.78 Å². The highest BCUT2D eigenvalue weighted by Gasteiger charge is 2.55. The lowest BCUT2D eigenvalue weighted by atomic mass is 9.70. The van der Waals surface area contributed by atoms with Gasteiger partial charge in [-0.25, -0.2) is 0 Å². The van der Waals surface area contributed by atoms with Crippen molar-refractivity contribution in [1.82, 2.24) is 0 Å². The molecule has 2 aliphatic carbocycles. The number of fused-ring (bicyclic) bond motifs is 2. The van der Waals surface area contributed by atoms with Crippen LogP contribution in [0.4, 0.5) is 0 Å². The standard InChI is InChI=1S/C20H18O/c1-13(2)18-16-9-5-3-7-14(16)11-20(18)12-15-8-4-6-10-17(15)19(20)21/h3-10,18H,1,11-12H2,2H3/t18-,20+/m1/s1. The van der Waals surface area contributed by atoms with E-state index in [-0.39, 0.29) is 11.3 Å². The summed E-state index contributed by atoms with van der Waals surface area (Å²) in [7, 11) is 0. The average molecular weight is 274 g/mol. The molecule has 0 aromatic heterocycles.